The summed E-state index contributed by atoms with van der Waals surface area (Å²) in [5.41, 5.74) is 5.32. The molecule has 0 unspecified atom stereocenters. The van der Waals surface area contributed by atoms with Crippen molar-refractivity contribution >= 4 is 41.7 Å². The van der Waals surface area contributed by atoms with E-state index in [1.54, 1.807) is 0 Å². The van der Waals surface area contributed by atoms with Crippen LogP contribution in [0.2, 0.25) is 0 Å². The highest BCUT2D eigenvalue weighted by Crippen LogP contribution is 2.26. The maximum Gasteiger partial charge on any atom is 0.250 e. The molecule has 4 fully saturated rings. The number of rotatable bonds is 5. The van der Waals surface area contributed by atoms with E-state index in [1.165, 1.54) is 50.9 Å². The molecule has 30 heavy (non-hydrogen) atoms. The predicted octanol–water partition coefficient (Wildman–Crippen LogP) is 3.52. The monoisotopic (exact) mass is 428 g/mol. The topological polar surface area (TPSA) is 81.6 Å². The zero-order valence-electron chi connectivity index (χ0n) is 17.1. The van der Waals surface area contributed by atoms with Crippen molar-refractivity contribution in [1.82, 2.24) is 19.9 Å². The van der Waals surface area contributed by atoms with Gasteiger partial charge >= 0.3 is 0 Å². The number of aromatic nitrogens is 3. The quantitative estimate of drug-likeness (QED) is 0.705. The van der Waals surface area contributed by atoms with Crippen molar-refractivity contribution in [2.75, 3.05) is 48.4 Å². The van der Waals surface area contributed by atoms with Gasteiger partial charge in [0.2, 0.25) is 17.8 Å². The Kier molecular flexibility index (Phi) is 6.64. The molecule has 2 bridgehead atoms. The minimum absolute atomic E-state index is 0. The number of nitrogens with one attached hydrogen (secondary N) is 2. The zero-order valence-corrected chi connectivity index (χ0v) is 17.9. The fourth-order valence-electron chi connectivity index (χ4n) is 4.39. The van der Waals surface area contributed by atoms with E-state index in [1.807, 2.05) is 30.3 Å². The third-order valence-electron chi connectivity index (χ3n) is 6.04. The van der Waals surface area contributed by atoms with Crippen LogP contribution in [0.1, 0.15) is 32.1 Å². The number of nitrogens with zero attached hydrogens (tertiary/aromatic N) is 6. The first-order valence-corrected chi connectivity index (χ1v) is 10.7. The fraction of sp³-hybridized carbons (Fsp3) is 0.524. The second-order valence-corrected chi connectivity index (χ2v) is 8.09. The Balaban J connectivity index is 0.00000218. The lowest BCUT2D eigenvalue weighted by Gasteiger charge is -2.39. The first-order valence-electron chi connectivity index (χ1n) is 10.7. The molecule has 0 spiro atoms. The molecule has 5 heterocycles. The Hall–Kier alpha value is -2.45. The van der Waals surface area contributed by atoms with Gasteiger partial charge in [0.05, 0.1) is 5.71 Å². The summed E-state index contributed by atoms with van der Waals surface area (Å²) in [6, 6.07) is 9.99. The van der Waals surface area contributed by atoms with Crippen LogP contribution in [-0.2, 0) is 0 Å². The lowest BCUT2D eigenvalue weighted by Crippen LogP contribution is -2.48. The minimum atomic E-state index is 0. The van der Waals surface area contributed by atoms with Crippen molar-refractivity contribution in [1.29, 1.82) is 0 Å². The molecule has 160 valence electrons. The van der Waals surface area contributed by atoms with Crippen LogP contribution in [0.4, 0.5) is 23.5 Å². The highest BCUT2D eigenvalue weighted by Gasteiger charge is 2.31. The van der Waals surface area contributed by atoms with Crippen molar-refractivity contribution in [3.8, 4) is 0 Å². The van der Waals surface area contributed by atoms with Crippen LogP contribution in [0.3, 0.4) is 0 Å². The van der Waals surface area contributed by atoms with Crippen LogP contribution >= 0.6 is 12.4 Å². The lowest BCUT2D eigenvalue weighted by molar-refractivity contribution is 0.200. The normalized spacial score (nSPS) is 24.4. The molecule has 2 aromatic rings. The molecule has 4 aliphatic heterocycles. The zero-order chi connectivity index (χ0) is 19.5. The number of anilines is 4. The van der Waals surface area contributed by atoms with E-state index >= 15 is 0 Å². The SMILES string of the molecule is Cl.c1ccc(Nc2nc(N/N=C3\CN4CCC3CC4)nc(N3CCCCC3)n2)cc1. The summed E-state index contributed by atoms with van der Waals surface area (Å²) in [6.45, 7) is 5.32. The Bertz CT molecular complexity index is 861. The fourth-order valence-corrected chi connectivity index (χ4v) is 4.39. The number of piperidine rings is 4. The molecule has 0 saturated carbocycles. The number of para-hydroxylation sites is 1. The average molecular weight is 429 g/mol. The van der Waals surface area contributed by atoms with Crippen molar-refractivity contribution in [2.45, 2.75) is 32.1 Å². The van der Waals surface area contributed by atoms with Crippen LogP contribution in [0.25, 0.3) is 0 Å². The summed E-state index contributed by atoms with van der Waals surface area (Å²) in [4.78, 5) is 18.6. The molecule has 6 rings (SSSR count). The van der Waals surface area contributed by atoms with Crippen molar-refractivity contribution < 1.29 is 0 Å². The van der Waals surface area contributed by atoms with Crippen LogP contribution in [-0.4, -0.2) is 58.3 Å². The number of hydrogen-bond donors (Lipinski definition) is 2. The van der Waals surface area contributed by atoms with Gasteiger partial charge in [-0.15, -0.1) is 12.4 Å². The molecule has 1 aromatic heterocycles. The highest BCUT2D eigenvalue weighted by atomic mass is 35.5. The predicted molar refractivity (Wildman–Crippen MR) is 123 cm³/mol. The number of fused-ring (bicyclic) bond motifs is 3. The summed E-state index contributed by atoms with van der Waals surface area (Å²) in [6.07, 6.45) is 6.04. The van der Waals surface area contributed by atoms with Crippen molar-refractivity contribution in [2.24, 2.45) is 11.0 Å². The largest absolute Gasteiger partial charge is 0.341 e. The van der Waals surface area contributed by atoms with Gasteiger partial charge in [-0.05, 0) is 57.3 Å². The van der Waals surface area contributed by atoms with E-state index in [9.17, 15) is 0 Å². The summed E-state index contributed by atoms with van der Waals surface area (Å²) < 4.78 is 0. The first-order chi connectivity index (χ1) is 14.3. The Morgan fingerprint density at radius 3 is 2.30 bits per heavy atom. The van der Waals surface area contributed by atoms with Gasteiger partial charge in [0, 0.05) is 31.2 Å². The van der Waals surface area contributed by atoms with Gasteiger partial charge in [-0.25, -0.2) is 5.43 Å². The second-order valence-electron chi connectivity index (χ2n) is 8.09. The third-order valence-corrected chi connectivity index (χ3v) is 6.04. The van der Waals surface area contributed by atoms with Gasteiger partial charge in [0.25, 0.3) is 0 Å². The van der Waals surface area contributed by atoms with Gasteiger partial charge in [-0.2, -0.15) is 20.1 Å². The van der Waals surface area contributed by atoms with E-state index in [4.69, 9.17) is 5.10 Å². The molecule has 4 aliphatic rings. The van der Waals surface area contributed by atoms with Gasteiger partial charge in [-0.1, -0.05) is 18.2 Å². The summed E-state index contributed by atoms with van der Waals surface area (Å²) >= 11 is 0. The standard InChI is InChI=1S/C21H28N8.ClH/c1-3-7-17(8-4-1)22-19-23-20(25-21(24-19)29-11-5-2-6-12-29)27-26-18-15-28-13-9-16(18)10-14-28;/h1,3-4,7-8,16H,2,5-6,9-15H2,(H2,22,23,24,25,27);1H/b26-18+;. The second kappa shape index (κ2) is 9.57. The molecule has 1 aromatic carbocycles. The van der Waals surface area contributed by atoms with Gasteiger partial charge in [-0.3, -0.25) is 4.90 Å². The Morgan fingerprint density at radius 1 is 0.867 bits per heavy atom. The van der Waals surface area contributed by atoms with Crippen LogP contribution < -0.4 is 15.6 Å². The summed E-state index contributed by atoms with van der Waals surface area (Å²) in [5.74, 6) is 2.36. The van der Waals surface area contributed by atoms with Crippen molar-refractivity contribution in [3.63, 3.8) is 0 Å². The van der Waals surface area contributed by atoms with Gasteiger partial charge in [0.1, 0.15) is 0 Å². The Morgan fingerprint density at radius 2 is 1.60 bits per heavy atom. The van der Waals surface area contributed by atoms with Gasteiger partial charge in [0.15, 0.2) is 0 Å². The Labute approximate surface area is 183 Å². The lowest BCUT2D eigenvalue weighted by atomic mass is 9.87. The smallest absolute Gasteiger partial charge is 0.250 e. The molecular formula is C21H29ClN8. The molecule has 0 radical (unpaired) electrons. The molecule has 0 amide bonds. The number of halogens is 1. The third kappa shape index (κ3) is 4.82. The maximum absolute atomic E-state index is 4.70. The molecular weight excluding hydrogens is 400 g/mol. The highest BCUT2D eigenvalue weighted by molar-refractivity contribution is 5.90. The molecule has 8 nitrogen and oxygen atoms in total. The van der Waals surface area contributed by atoms with E-state index in [-0.39, 0.29) is 12.4 Å². The maximum atomic E-state index is 4.70. The van der Waals surface area contributed by atoms with E-state index < -0.39 is 0 Å². The van der Waals surface area contributed by atoms with Crippen molar-refractivity contribution in [3.05, 3.63) is 30.3 Å². The van der Waals surface area contributed by atoms with E-state index in [2.05, 4.69) is 35.5 Å². The van der Waals surface area contributed by atoms with Gasteiger partial charge < -0.3 is 10.2 Å². The molecule has 9 heteroatoms. The minimum Gasteiger partial charge on any atom is -0.341 e. The molecule has 0 aliphatic carbocycles. The number of hydrazone groups is 1. The molecule has 2 N–H and O–H groups in total. The summed E-state index contributed by atoms with van der Waals surface area (Å²) in [7, 11) is 0. The first kappa shape index (κ1) is 20.8. The molecule has 4 saturated heterocycles. The van der Waals surface area contributed by atoms with Crippen LogP contribution in [0.5, 0.6) is 0 Å². The number of hydrogen-bond acceptors (Lipinski definition) is 8. The van der Waals surface area contributed by atoms with Crippen LogP contribution in [0.15, 0.2) is 35.4 Å². The average Bonchev–Trinajstić information content (AvgIpc) is 2.80. The van der Waals surface area contributed by atoms with E-state index in [0.29, 0.717) is 17.8 Å². The summed E-state index contributed by atoms with van der Waals surface area (Å²) in [5, 5.41) is 8.00. The number of benzene rings is 1. The van der Waals surface area contributed by atoms with E-state index in [0.717, 1.165) is 31.3 Å². The van der Waals surface area contributed by atoms with Crippen LogP contribution in [0, 0.1) is 5.92 Å². The molecule has 0 atom stereocenters.